The number of likely N-dealkylation sites (N-methyl/N-ethyl adjacent to an activating group) is 1. The second-order valence-corrected chi connectivity index (χ2v) is 7.28. The normalized spacial score (nSPS) is 11.5. The van der Waals surface area contributed by atoms with Gasteiger partial charge in [-0.05, 0) is 30.0 Å². The summed E-state index contributed by atoms with van der Waals surface area (Å²) in [6.45, 7) is 3.59. The van der Waals surface area contributed by atoms with Crippen LogP contribution >= 0.6 is 0 Å². The Morgan fingerprint density at radius 1 is 1.07 bits per heavy atom. The Kier molecular flexibility index (Phi) is 6.89. The minimum Gasteiger partial charge on any atom is -0.361 e. The van der Waals surface area contributed by atoms with Gasteiger partial charge in [0.15, 0.2) is 5.96 Å². The maximum absolute atomic E-state index is 11.9. The van der Waals surface area contributed by atoms with E-state index in [1.54, 1.807) is 19.0 Å². The minimum atomic E-state index is 0.00585. The average molecular weight is 392 g/mol. The number of H-pyrrole nitrogens is 1. The maximum atomic E-state index is 11.9. The summed E-state index contributed by atoms with van der Waals surface area (Å²) in [6.07, 6.45) is 2.93. The number of hydrogen-bond donors (Lipinski definition) is 3. The number of hydrogen-bond acceptors (Lipinski definition) is 2. The van der Waals surface area contributed by atoms with Crippen molar-refractivity contribution < 1.29 is 4.79 Å². The molecule has 0 radical (unpaired) electrons. The molecule has 1 aromatic heterocycles. The van der Waals surface area contributed by atoms with Gasteiger partial charge in [-0.2, -0.15) is 0 Å². The van der Waals surface area contributed by atoms with E-state index in [2.05, 4.69) is 51.9 Å². The predicted molar refractivity (Wildman–Crippen MR) is 119 cm³/mol. The third-order valence-corrected chi connectivity index (χ3v) is 4.86. The van der Waals surface area contributed by atoms with Gasteiger partial charge in [0.1, 0.15) is 0 Å². The molecule has 3 rings (SSSR count). The van der Waals surface area contributed by atoms with Crippen LogP contribution in [0.4, 0.5) is 0 Å². The van der Waals surface area contributed by atoms with Gasteiger partial charge in [0, 0.05) is 37.7 Å². The first-order valence-corrected chi connectivity index (χ1v) is 9.86. The summed E-state index contributed by atoms with van der Waals surface area (Å²) in [5, 5.41) is 7.75. The molecule has 6 heteroatoms. The van der Waals surface area contributed by atoms with Crippen LogP contribution in [-0.4, -0.2) is 48.9 Å². The van der Waals surface area contributed by atoms with E-state index in [9.17, 15) is 4.79 Å². The number of nitrogens with one attached hydrogen (secondary N) is 3. The summed E-state index contributed by atoms with van der Waals surface area (Å²) in [5.74, 6) is 0.645. The van der Waals surface area contributed by atoms with Crippen molar-refractivity contribution in [2.24, 2.45) is 4.99 Å². The molecule has 6 nitrogen and oxygen atoms in total. The summed E-state index contributed by atoms with van der Waals surface area (Å²) in [4.78, 5) is 21.5. The molecular weight excluding hydrogens is 362 g/mol. The first-order chi connectivity index (χ1) is 14.0. The highest BCUT2D eigenvalue weighted by Gasteiger charge is 2.08. The standard InChI is InChI=1S/C23H29N5O/c1-17-8-7-11-20-19(15-25-22(17)20)12-13-24-23(27-16-21(29)28(2)3)26-14-18-9-5-4-6-10-18/h4-11,15,25H,12-14,16H2,1-3H3,(H2,24,26,27). The monoisotopic (exact) mass is 391 g/mol. The Balaban J connectivity index is 1.63. The van der Waals surface area contributed by atoms with E-state index in [4.69, 9.17) is 0 Å². The molecule has 0 atom stereocenters. The zero-order valence-corrected chi connectivity index (χ0v) is 17.3. The quantitative estimate of drug-likeness (QED) is 0.428. The molecule has 0 saturated heterocycles. The number of carbonyl (C=O) groups is 1. The smallest absolute Gasteiger partial charge is 0.241 e. The van der Waals surface area contributed by atoms with Crippen molar-refractivity contribution in [2.45, 2.75) is 19.9 Å². The van der Waals surface area contributed by atoms with Crippen LogP contribution in [0.5, 0.6) is 0 Å². The van der Waals surface area contributed by atoms with E-state index in [0.717, 1.165) is 18.5 Å². The summed E-state index contributed by atoms with van der Waals surface area (Å²) in [7, 11) is 3.49. The van der Waals surface area contributed by atoms with Gasteiger partial charge in [0.2, 0.25) is 5.91 Å². The van der Waals surface area contributed by atoms with Crippen LogP contribution in [0.3, 0.4) is 0 Å². The molecule has 1 amide bonds. The number of aromatic amines is 1. The van der Waals surface area contributed by atoms with Gasteiger partial charge in [0.05, 0.1) is 13.1 Å². The predicted octanol–water partition coefficient (Wildman–Crippen LogP) is 2.84. The highest BCUT2D eigenvalue weighted by molar-refractivity contribution is 5.87. The molecule has 3 aromatic rings. The largest absolute Gasteiger partial charge is 0.361 e. The van der Waals surface area contributed by atoms with Gasteiger partial charge in [-0.25, -0.2) is 4.99 Å². The Bertz CT molecular complexity index is 975. The Labute approximate surface area is 172 Å². The van der Waals surface area contributed by atoms with E-state index in [-0.39, 0.29) is 12.5 Å². The molecule has 1 heterocycles. The highest BCUT2D eigenvalue weighted by atomic mass is 16.2. The maximum Gasteiger partial charge on any atom is 0.241 e. The van der Waals surface area contributed by atoms with Gasteiger partial charge < -0.3 is 20.5 Å². The van der Waals surface area contributed by atoms with Crippen molar-refractivity contribution in [2.75, 3.05) is 27.2 Å². The lowest BCUT2D eigenvalue weighted by molar-refractivity contribution is -0.127. The van der Waals surface area contributed by atoms with Gasteiger partial charge in [0.25, 0.3) is 0 Å². The lowest BCUT2D eigenvalue weighted by atomic mass is 10.1. The molecule has 29 heavy (non-hydrogen) atoms. The van der Waals surface area contributed by atoms with Gasteiger partial charge in [-0.3, -0.25) is 4.79 Å². The number of guanidine groups is 1. The number of para-hydroxylation sites is 1. The number of aromatic nitrogens is 1. The van der Waals surface area contributed by atoms with Gasteiger partial charge >= 0.3 is 0 Å². The molecule has 0 aliphatic carbocycles. The highest BCUT2D eigenvalue weighted by Crippen LogP contribution is 2.21. The lowest BCUT2D eigenvalue weighted by Gasteiger charge is -2.15. The number of rotatable bonds is 7. The van der Waals surface area contributed by atoms with Crippen LogP contribution in [0.15, 0.2) is 59.7 Å². The molecule has 0 unspecified atom stereocenters. The zero-order chi connectivity index (χ0) is 20.6. The Hall–Kier alpha value is -3.28. The first kappa shape index (κ1) is 20.5. The fourth-order valence-electron chi connectivity index (χ4n) is 3.13. The number of fused-ring (bicyclic) bond motifs is 1. The van der Waals surface area contributed by atoms with Crippen LogP contribution < -0.4 is 10.6 Å². The average Bonchev–Trinajstić information content (AvgIpc) is 3.14. The van der Waals surface area contributed by atoms with Crippen LogP contribution in [0.1, 0.15) is 16.7 Å². The number of amides is 1. The summed E-state index contributed by atoms with van der Waals surface area (Å²) < 4.78 is 0. The molecule has 0 aliphatic heterocycles. The third kappa shape index (κ3) is 5.60. The van der Waals surface area contributed by atoms with E-state index in [1.807, 2.05) is 30.3 Å². The fraction of sp³-hybridized carbons (Fsp3) is 0.304. The molecule has 152 valence electrons. The summed E-state index contributed by atoms with van der Waals surface area (Å²) in [5.41, 5.74) is 4.83. The number of benzene rings is 2. The summed E-state index contributed by atoms with van der Waals surface area (Å²) >= 11 is 0. The molecule has 0 saturated carbocycles. The third-order valence-electron chi connectivity index (χ3n) is 4.86. The van der Waals surface area contributed by atoms with E-state index in [1.165, 1.54) is 22.0 Å². The molecule has 0 aliphatic rings. The van der Waals surface area contributed by atoms with Crippen molar-refractivity contribution >= 4 is 22.8 Å². The fourth-order valence-corrected chi connectivity index (χ4v) is 3.13. The van der Waals surface area contributed by atoms with Crippen LogP contribution in [0.2, 0.25) is 0 Å². The number of nitrogens with zero attached hydrogens (tertiary/aromatic N) is 2. The van der Waals surface area contributed by atoms with Crippen molar-refractivity contribution in [3.8, 4) is 0 Å². The molecule has 0 fully saturated rings. The van der Waals surface area contributed by atoms with Crippen LogP contribution in [-0.2, 0) is 17.8 Å². The van der Waals surface area contributed by atoms with Crippen LogP contribution in [0, 0.1) is 6.92 Å². The second-order valence-electron chi connectivity index (χ2n) is 7.28. The molecule has 0 spiro atoms. The van der Waals surface area contributed by atoms with Gasteiger partial charge in [-0.15, -0.1) is 0 Å². The second kappa shape index (κ2) is 9.78. The molecular formula is C23H29N5O. The SMILES string of the molecule is Cc1cccc2c(CCNC(=NCc3ccccc3)NCC(=O)N(C)C)c[nH]c12. The summed E-state index contributed by atoms with van der Waals surface area (Å²) in [6, 6.07) is 16.4. The molecule has 2 aromatic carbocycles. The van der Waals surface area contributed by atoms with E-state index in [0.29, 0.717) is 12.5 Å². The van der Waals surface area contributed by atoms with Crippen LogP contribution in [0.25, 0.3) is 10.9 Å². The minimum absolute atomic E-state index is 0.00585. The molecule has 0 bridgehead atoms. The van der Waals surface area contributed by atoms with E-state index >= 15 is 0 Å². The van der Waals surface area contributed by atoms with Crippen molar-refractivity contribution in [1.29, 1.82) is 0 Å². The lowest BCUT2D eigenvalue weighted by Crippen LogP contribution is -2.43. The number of aryl methyl sites for hydroxylation is 1. The first-order valence-electron chi connectivity index (χ1n) is 9.86. The van der Waals surface area contributed by atoms with Crippen molar-refractivity contribution in [1.82, 2.24) is 20.5 Å². The van der Waals surface area contributed by atoms with E-state index < -0.39 is 0 Å². The Morgan fingerprint density at radius 2 is 1.86 bits per heavy atom. The van der Waals surface area contributed by atoms with Crippen molar-refractivity contribution in [3.05, 3.63) is 71.4 Å². The molecule has 3 N–H and O–H groups in total. The zero-order valence-electron chi connectivity index (χ0n) is 17.3. The Morgan fingerprint density at radius 3 is 2.62 bits per heavy atom. The van der Waals surface area contributed by atoms with Crippen molar-refractivity contribution in [3.63, 3.8) is 0 Å². The number of aliphatic imine (C=N–C) groups is 1. The topological polar surface area (TPSA) is 72.5 Å². The van der Waals surface area contributed by atoms with Gasteiger partial charge in [-0.1, -0.05) is 48.5 Å². The number of carbonyl (C=O) groups excluding carboxylic acids is 1.